The first-order valence-corrected chi connectivity index (χ1v) is 14.9. The number of aliphatic hydroxyl groups is 1. The third-order valence-electron chi connectivity index (χ3n) is 10.2. The molecule has 3 saturated carbocycles. The van der Waals surface area contributed by atoms with Gasteiger partial charge < -0.3 is 9.53 Å². The SMILES string of the molecule is CC12CC[C@H](O)C=C1CCC1C2CCC2(C)C(O[Si](C)(C)C(C)(C)C)CCC12. The van der Waals surface area contributed by atoms with Crippen LogP contribution in [-0.2, 0) is 4.43 Å². The standard InChI is InChI=1S/C25H44O2Si/c1-23(2,3)28(6,7)27-22-11-10-20-19-9-8-17-16-18(26)12-14-24(17,4)21(19)13-15-25(20,22)5/h16,18-22,26H,8-15H2,1-7H3/t18-,19?,20?,21?,22?,24?,25?/m0/s1. The van der Waals surface area contributed by atoms with Gasteiger partial charge in [-0.2, -0.15) is 0 Å². The quantitative estimate of drug-likeness (QED) is 0.410. The Labute approximate surface area is 174 Å². The molecule has 3 fully saturated rings. The van der Waals surface area contributed by atoms with Crippen LogP contribution in [0.1, 0.15) is 86.0 Å². The monoisotopic (exact) mass is 404 g/mol. The summed E-state index contributed by atoms with van der Waals surface area (Å²) >= 11 is 0. The van der Waals surface area contributed by atoms with Crippen molar-refractivity contribution in [3.8, 4) is 0 Å². The summed E-state index contributed by atoms with van der Waals surface area (Å²) < 4.78 is 7.06. The van der Waals surface area contributed by atoms with E-state index in [1.807, 2.05) is 0 Å². The van der Waals surface area contributed by atoms with Gasteiger partial charge in [0.05, 0.1) is 12.2 Å². The maximum atomic E-state index is 10.2. The Bertz CT molecular complexity index is 647. The summed E-state index contributed by atoms with van der Waals surface area (Å²) in [7, 11) is -1.72. The molecule has 0 bridgehead atoms. The fourth-order valence-electron chi connectivity index (χ4n) is 7.39. The van der Waals surface area contributed by atoms with Gasteiger partial charge in [0.15, 0.2) is 8.32 Å². The van der Waals surface area contributed by atoms with E-state index in [0.717, 1.165) is 24.2 Å². The molecule has 0 radical (unpaired) electrons. The van der Waals surface area contributed by atoms with Crippen LogP contribution in [-0.4, -0.2) is 25.6 Å². The van der Waals surface area contributed by atoms with Crippen molar-refractivity contribution in [2.75, 3.05) is 0 Å². The summed E-state index contributed by atoms with van der Waals surface area (Å²) in [6.45, 7) is 17.1. The van der Waals surface area contributed by atoms with E-state index < -0.39 is 8.32 Å². The molecule has 160 valence electrons. The summed E-state index contributed by atoms with van der Waals surface area (Å²) in [5.41, 5.74) is 2.31. The highest BCUT2D eigenvalue weighted by Crippen LogP contribution is 2.66. The van der Waals surface area contributed by atoms with E-state index in [-0.39, 0.29) is 6.10 Å². The predicted octanol–water partition coefficient (Wildman–Crippen LogP) is 6.70. The lowest BCUT2D eigenvalue weighted by molar-refractivity contribution is -0.0728. The topological polar surface area (TPSA) is 29.5 Å². The van der Waals surface area contributed by atoms with Gasteiger partial charge in [0.2, 0.25) is 0 Å². The van der Waals surface area contributed by atoms with Gasteiger partial charge in [0, 0.05) is 0 Å². The summed E-state index contributed by atoms with van der Waals surface area (Å²) in [4.78, 5) is 0. The van der Waals surface area contributed by atoms with Crippen molar-refractivity contribution in [1.29, 1.82) is 0 Å². The lowest BCUT2D eigenvalue weighted by Crippen LogP contribution is -2.53. The molecule has 28 heavy (non-hydrogen) atoms. The van der Waals surface area contributed by atoms with Crippen LogP contribution in [0.15, 0.2) is 11.6 Å². The zero-order valence-corrected chi connectivity index (χ0v) is 20.5. The van der Waals surface area contributed by atoms with E-state index in [0.29, 0.717) is 22.0 Å². The highest BCUT2D eigenvalue weighted by Gasteiger charge is 2.60. The van der Waals surface area contributed by atoms with Gasteiger partial charge >= 0.3 is 0 Å². The molecular weight excluding hydrogens is 360 g/mol. The molecule has 0 amide bonds. The van der Waals surface area contributed by atoms with E-state index in [2.05, 4.69) is 53.8 Å². The van der Waals surface area contributed by atoms with E-state index in [4.69, 9.17) is 4.43 Å². The minimum absolute atomic E-state index is 0.192. The minimum Gasteiger partial charge on any atom is -0.413 e. The average Bonchev–Trinajstić information content (AvgIpc) is 2.91. The van der Waals surface area contributed by atoms with Crippen LogP contribution in [0.2, 0.25) is 18.1 Å². The molecule has 4 aliphatic carbocycles. The lowest BCUT2D eigenvalue weighted by Gasteiger charge is -2.58. The number of fused-ring (bicyclic) bond motifs is 5. The summed E-state index contributed by atoms with van der Waals surface area (Å²) in [5.74, 6) is 2.53. The normalized spacial score (nSPS) is 46.4. The van der Waals surface area contributed by atoms with Crippen LogP contribution in [0.3, 0.4) is 0 Å². The smallest absolute Gasteiger partial charge is 0.192 e. The number of allylic oxidation sites excluding steroid dienone is 1. The first kappa shape index (κ1) is 21.1. The number of aliphatic hydroxyl groups excluding tert-OH is 1. The summed E-state index contributed by atoms with van der Waals surface area (Å²) in [6, 6.07) is 0. The average molecular weight is 405 g/mol. The first-order chi connectivity index (χ1) is 12.9. The third-order valence-corrected chi connectivity index (χ3v) is 14.7. The molecule has 4 aliphatic rings. The number of hydrogen-bond donors (Lipinski definition) is 1. The predicted molar refractivity (Wildman–Crippen MR) is 120 cm³/mol. The van der Waals surface area contributed by atoms with Gasteiger partial charge in [-0.1, -0.05) is 46.3 Å². The molecule has 0 aromatic heterocycles. The molecule has 1 N–H and O–H groups in total. The molecule has 4 rings (SSSR count). The molecule has 3 heteroatoms. The molecule has 0 aliphatic heterocycles. The van der Waals surface area contributed by atoms with Crippen molar-refractivity contribution in [3.63, 3.8) is 0 Å². The van der Waals surface area contributed by atoms with Crippen molar-refractivity contribution in [2.24, 2.45) is 28.6 Å². The highest BCUT2D eigenvalue weighted by molar-refractivity contribution is 6.74. The molecule has 7 atom stereocenters. The van der Waals surface area contributed by atoms with Crippen LogP contribution in [0.5, 0.6) is 0 Å². The van der Waals surface area contributed by atoms with Crippen LogP contribution >= 0.6 is 0 Å². The molecule has 6 unspecified atom stereocenters. The lowest BCUT2D eigenvalue weighted by atomic mass is 9.47. The van der Waals surface area contributed by atoms with Gasteiger partial charge in [-0.3, -0.25) is 0 Å². The van der Waals surface area contributed by atoms with E-state index >= 15 is 0 Å². The van der Waals surface area contributed by atoms with Gasteiger partial charge in [0.25, 0.3) is 0 Å². The van der Waals surface area contributed by atoms with Crippen LogP contribution < -0.4 is 0 Å². The molecule has 0 aromatic rings. The molecule has 0 heterocycles. The fourth-order valence-corrected chi connectivity index (χ4v) is 8.84. The zero-order chi connectivity index (χ0) is 20.5. The largest absolute Gasteiger partial charge is 0.413 e. The van der Waals surface area contributed by atoms with E-state index in [1.54, 1.807) is 5.57 Å². The van der Waals surface area contributed by atoms with Gasteiger partial charge in [0.1, 0.15) is 0 Å². The second kappa shape index (κ2) is 6.69. The highest BCUT2D eigenvalue weighted by atomic mass is 28.4. The van der Waals surface area contributed by atoms with Gasteiger partial charge in [-0.25, -0.2) is 0 Å². The second-order valence-electron chi connectivity index (χ2n) is 12.6. The number of rotatable bonds is 2. The molecule has 0 saturated heterocycles. The molecule has 2 nitrogen and oxygen atoms in total. The molecular formula is C25H44O2Si. The van der Waals surface area contributed by atoms with Gasteiger partial charge in [-0.05, 0) is 98.1 Å². The van der Waals surface area contributed by atoms with Crippen LogP contribution in [0.25, 0.3) is 0 Å². The summed E-state index contributed by atoms with van der Waals surface area (Å²) in [5, 5.41) is 10.5. The zero-order valence-electron chi connectivity index (χ0n) is 19.5. The van der Waals surface area contributed by atoms with Crippen LogP contribution in [0, 0.1) is 28.6 Å². The van der Waals surface area contributed by atoms with Crippen molar-refractivity contribution >= 4 is 8.32 Å². The first-order valence-electron chi connectivity index (χ1n) is 12.0. The Hall–Kier alpha value is -0.123. The van der Waals surface area contributed by atoms with Crippen molar-refractivity contribution in [2.45, 2.75) is 116 Å². The Morgan fingerprint density at radius 3 is 2.39 bits per heavy atom. The summed E-state index contributed by atoms with van der Waals surface area (Å²) in [6.07, 6.45) is 12.6. The second-order valence-corrected chi connectivity index (χ2v) is 17.4. The Morgan fingerprint density at radius 1 is 1.00 bits per heavy atom. The van der Waals surface area contributed by atoms with E-state index in [1.165, 1.54) is 44.9 Å². The minimum atomic E-state index is -1.72. The Kier molecular flexibility index (Phi) is 5.04. The van der Waals surface area contributed by atoms with Crippen LogP contribution in [0.4, 0.5) is 0 Å². The maximum Gasteiger partial charge on any atom is 0.192 e. The fraction of sp³-hybridized carbons (Fsp3) is 0.920. The van der Waals surface area contributed by atoms with E-state index in [9.17, 15) is 5.11 Å². The Morgan fingerprint density at radius 2 is 1.71 bits per heavy atom. The molecule has 0 aromatic carbocycles. The van der Waals surface area contributed by atoms with Crippen molar-refractivity contribution in [3.05, 3.63) is 11.6 Å². The van der Waals surface area contributed by atoms with Crippen molar-refractivity contribution in [1.82, 2.24) is 0 Å². The third kappa shape index (κ3) is 3.10. The van der Waals surface area contributed by atoms with Gasteiger partial charge in [-0.15, -0.1) is 0 Å². The molecule has 0 spiro atoms. The maximum absolute atomic E-state index is 10.2. The Balaban J connectivity index is 1.57. The number of hydrogen-bond acceptors (Lipinski definition) is 2. The van der Waals surface area contributed by atoms with Crippen molar-refractivity contribution < 1.29 is 9.53 Å².